The van der Waals surface area contributed by atoms with Gasteiger partial charge in [0.2, 0.25) is 5.91 Å². The summed E-state index contributed by atoms with van der Waals surface area (Å²) in [5, 5.41) is 14.2. The van der Waals surface area contributed by atoms with Gasteiger partial charge in [-0.3, -0.25) is 9.59 Å². The maximum absolute atomic E-state index is 12.0. The number of halogens is 1. The molecule has 0 aliphatic rings. The predicted octanol–water partition coefficient (Wildman–Crippen LogP) is 1.83. The van der Waals surface area contributed by atoms with Crippen molar-refractivity contribution in [3.63, 3.8) is 0 Å². The fourth-order valence-electron chi connectivity index (χ4n) is 2.20. The van der Waals surface area contributed by atoms with Crippen LogP contribution >= 0.6 is 22.6 Å². The first kappa shape index (κ1) is 18.9. The average Bonchev–Trinajstić information content (AvgIpc) is 2.60. The second-order valence-corrected chi connectivity index (χ2v) is 6.59. The Labute approximate surface area is 158 Å². The van der Waals surface area contributed by atoms with Crippen molar-refractivity contribution in [2.45, 2.75) is 12.5 Å². The maximum Gasteiger partial charge on any atom is 0.326 e. The van der Waals surface area contributed by atoms with Crippen LogP contribution in [0.1, 0.15) is 15.9 Å². The zero-order chi connectivity index (χ0) is 18.2. The van der Waals surface area contributed by atoms with E-state index in [4.69, 9.17) is 0 Å². The van der Waals surface area contributed by atoms with Crippen LogP contribution in [0.5, 0.6) is 0 Å². The largest absolute Gasteiger partial charge is 0.480 e. The lowest BCUT2D eigenvalue weighted by atomic mass is 10.1. The summed E-state index contributed by atoms with van der Waals surface area (Å²) in [6.45, 7) is -0.288. The van der Waals surface area contributed by atoms with Crippen molar-refractivity contribution >= 4 is 40.4 Å². The molecule has 0 heterocycles. The zero-order valence-corrected chi connectivity index (χ0v) is 15.4. The molecule has 130 valence electrons. The lowest BCUT2D eigenvalue weighted by Gasteiger charge is -2.15. The van der Waals surface area contributed by atoms with Crippen LogP contribution in [0, 0.1) is 3.57 Å². The molecular formula is C18H17IN2O4. The quantitative estimate of drug-likeness (QED) is 0.559. The van der Waals surface area contributed by atoms with E-state index in [0.717, 1.165) is 9.13 Å². The van der Waals surface area contributed by atoms with Gasteiger partial charge in [0.15, 0.2) is 0 Å². The summed E-state index contributed by atoms with van der Waals surface area (Å²) in [5.41, 5.74) is 1.25. The molecule has 7 heteroatoms. The Hall–Kier alpha value is -2.42. The number of carboxylic acids is 1. The van der Waals surface area contributed by atoms with Gasteiger partial charge >= 0.3 is 5.97 Å². The Morgan fingerprint density at radius 1 is 1.04 bits per heavy atom. The first-order valence-corrected chi connectivity index (χ1v) is 8.63. The molecular weight excluding hydrogens is 435 g/mol. The first-order chi connectivity index (χ1) is 12.0. The molecule has 0 spiro atoms. The van der Waals surface area contributed by atoms with E-state index < -0.39 is 17.9 Å². The van der Waals surface area contributed by atoms with Gasteiger partial charge in [0.1, 0.15) is 6.04 Å². The summed E-state index contributed by atoms with van der Waals surface area (Å²) in [7, 11) is 0. The van der Waals surface area contributed by atoms with Crippen LogP contribution in [0.25, 0.3) is 0 Å². The highest BCUT2D eigenvalue weighted by atomic mass is 127. The molecule has 6 nitrogen and oxygen atoms in total. The van der Waals surface area contributed by atoms with Crippen LogP contribution in [-0.4, -0.2) is 35.5 Å². The molecule has 0 radical (unpaired) electrons. The van der Waals surface area contributed by atoms with Crippen molar-refractivity contribution in [3.8, 4) is 0 Å². The van der Waals surface area contributed by atoms with Crippen molar-refractivity contribution in [3.05, 3.63) is 69.3 Å². The number of carbonyl (C=O) groups excluding carboxylic acids is 2. The standard InChI is InChI=1S/C18H17IN2O4/c19-14-8-4-5-12(9-14)10-15(18(24)25)21-16(22)11-20-17(23)13-6-2-1-3-7-13/h1-9,15H,10-11H2,(H,20,23)(H,21,22)(H,24,25)/t15-/m1/s1. The first-order valence-electron chi connectivity index (χ1n) is 7.55. The highest BCUT2D eigenvalue weighted by molar-refractivity contribution is 14.1. The highest BCUT2D eigenvalue weighted by Gasteiger charge is 2.20. The fraction of sp³-hybridized carbons (Fsp3) is 0.167. The van der Waals surface area contributed by atoms with E-state index in [0.29, 0.717) is 5.56 Å². The van der Waals surface area contributed by atoms with E-state index in [1.54, 1.807) is 36.4 Å². The van der Waals surface area contributed by atoms with E-state index in [9.17, 15) is 19.5 Å². The number of benzene rings is 2. The molecule has 2 rings (SSSR count). The van der Waals surface area contributed by atoms with E-state index in [1.807, 2.05) is 18.2 Å². The smallest absolute Gasteiger partial charge is 0.326 e. The van der Waals surface area contributed by atoms with Gasteiger partial charge in [-0.1, -0.05) is 30.3 Å². The number of aliphatic carboxylic acids is 1. The van der Waals surface area contributed by atoms with Gasteiger partial charge in [-0.05, 0) is 52.4 Å². The second-order valence-electron chi connectivity index (χ2n) is 5.34. The van der Waals surface area contributed by atoms with Crippen molar-refractivity contribution in [2.75, 3.05) is 6.54 Å². The highest BCUT2D eigenvalue weighted by Crippen LogP contribution is 2.10. The minimum absolute atomic E-state index is 0.171. The molecule has 2 aromatic carbocycles. The number of nitrogens with one attached hydrogen (secondary N) is 2. The third kappa shape index (κ3) is 6.18. The normalized spacial score (nSPS) is 11.4. The summed E-state index contributed by atoms with van der Waals surface area (Å²) in [6, 6.07) is 14.8. The number of carbonyl (C=O) groups is 3. The maximum atomic E-state index is 12.0. The van der Waals surface area contributed by atoms with Crippen molar-refractivity contribution < 1.29 is 19.5 Å². The van der Waals surface area contributed by atoms with E-state index in [-0.39, 0.29) is 18.9 Å². The topological polar surface area (TPSA) is 95.5 Å². The average molecular weight is 452 g/mol. The molecule has 0 aliphatic carbocycles. The zero-order valence-electron chi connectivity index (χ0n) is 13.2. The van der Waals surface area contributed by atoms with Gasteiger partial charge in [-0.2, -0.15) is 0 Å². The number of amides is 2. The Morgan fingerprint density at radius 2 is 1.76 bits per heavy atom. The molecule has 3 N–H and O–H groups in total. The van der Waals surface area contributed by atoms with Gasteiger partial charge in [0.05, 0.1) is 6.54 Å². The van der Waals surface area contributed by atoms with Crippen LogP contribution in [0.4, 0.5) is 0 Å². The summed E-state index contributed by atoms with van der Waals surface area (Å²) < 4.78 is 0.987. The van der Waals surface area contributed by atoms with Crippen molar-refractivity contribution in [1.82, 2.24) is 10.6 Å². The molecule has 2 amide bonds. The number of hydrogen-bond donors (Lipinski definition) is 3. The summed E-state index contributed by atoms with van der Waals surface area (Å²) in [6.07, 6.45) is 0.171. The molecule has 0 unspecified atom stereocenters. The Morgan fingerprint density at radius 3 is 2.40 bits per heavy atom. The molecule has 25 heavy (non-hydrogen) atoms. The molecule has 0 aliphatic heterocycles. The third-order valence-corrected chi connectivity index (χ3v) is 4.08. The van der Waals surface area contributed by atoms with Crippen molar-refractivity contribution in [2.24, 2.45) is 0 Å². The van der Waals surface area contributed by atoms with E-state index in [2.05, 4.69) is 33.2 Å². The van der Waals surface area contributed by atoms with Gasteiger partial charge in [0.25, 0.3) is 5.91 Å². The summed E-state index contributed by atoms with van der Waals surface area (Å²) in [5.74, 6) is -2.07. The number of hydrogen-bond acceptors (Lipinski definition) is 3. The molecule has 0 aromatic heterocycles. The Bertz CT molecular complexity index is 765. The molecule has 0 saturated heterocycles. The summed E-state index contributed by atoms with van der Waals surface area (Å²) in [4.78, 5) is 35.2. The Balaban J connectivity index is 1.89. The number of rotatable bonds is 7. The minimum Gasteiger partial charge on any atom is -0.480 e. The monoisotopic (exact) mass is 452 g/mol. The molecule has 0 saturated carbocycles. The van der Waals surface area contributed by atoms with Gasteiger partial charge in [0, 0.05) is 15.6 Å². The van der Waals surface area contributed by atoms with E-state index in [1.165, 1.54) is 0 Å². The van der Waals surface area contributed by atoms with E-state index >= 15 is 0 Å². The van der Waals surface area contributed by atoms with Gasteiger partial charge < -0.3 is 15.7 Å². The molecule has 0 bridgehead atoms. The second kappa shape index (κ2) is 9.16. The molecule has 2 aromatic rings. The predicted molar refractivity (Wildman–Crippen MR) is 101 cm³/mol. The fourth-order valence-corrected chi connectivity index (χ4v) is 2.80. The summed E-state index contributed by atoms with van der Waals surface area (Å²) >= 11 is 2.14. The lowest BCUT2D eigenvalue weighted by Crippen LogP contribution is -2.46. The minimum atomic E-state index is -1.12. The van der Waals surface area contributed by atoms with Crippen LogP contribution in [0.15, 0.2) is 54.6 Å². The van der Waals surface area contributed by atoms with Crippen LogP contribution < -0.4 is 10.6 Å². The molecule has 0 fully saturated rings. The van der Waals surface area contributed by atoms with Crippen LogP contribution in [0.2, 0.25) is 0 Å². The van der Waals surface area contributed by atoms with Crippen LogP contribution in [-0.2, 0) is 16.0 Å². The van der Waals surface area contributed by atoms with Crippen LogP contribution in [0.3, 0.4) is 0 Å². The lowest BCUT2D eigenvalue weighted by molar-refractivity contribution is -0.141. The number of carboxylic acid groups (broad SMARTS) is 1. The SMILES string of the molecule is O=C(CNC(=O)c1ccccc1)N[C@H](Cc1cccc(I)c1)C(=O)O. The third-order valence-electron chi connectivity index (χ3n) is 3.41. The van der Waals surface area contributed by atoms with Crippen molar-refractivity contribution in [1.29, 1.82) is 0 Å². The Kier molecular flexibility index (Phi) is 6.93. The molecule has 1 atom stereocenters. The van der Waals surface area contributed by atoms with Gasteiger partial charge in [-0.15, -0.1) is 0 Å². The van der Waals surface area contributed by atoms with Gasteiger partial charge in [-0.25, -0.2) is 4.79 Å².